The predicted molar refractivity (Wildman–Crippen MR) is 86.9 cm³/mol. The molecule has 1 aliphatic rings. The molecule has 3 atom stereocenters. The summed E-state index contributed by atoms with van der Waals surface area (Å²) < 4.78 is 34.9. The smallest absolute Gasteiger partial charge is 0.387 e. The minimum atomic E-state index is -2.83. The SMILES string of the molecule is CNC(C)Cc1noc(C2CC2c2ccccc2OC(F)F)n1.Cl. The van der Waals surface area contributed by atoms with Gasteiger partial charge in [0, 0.05) is 18.4 Å². The van der Waals surface area contributed by atoms with E-state index in [1.807, 2.05) is 26.1 Å². The fraction of sp³-hybridized carbons (Fsp3) is 0.500. The van der Waals surface area contributed by atoms with Crippen LogP contribution in [0.25, 0.3) is 0 Å². The van der Waals surface area contributed by atoms with Crippen molar-refractivity contribution in [1.82, 2.24) is 15.5 Å². The van der Waals surface area contributed by atoms with E-state index >= 15 is 0 Å². The van der Waals surface area contributed by atoms with Crippen LogP contribution in [0.2, 0.25) is 0 Å². The van der Waals surface area contributed by atoms with Crippen molar-refractivity contribution in [2.24, 2.45) is 0 Å². The molecule has 1 aromatic carbocycles. The summed E-state index contributed by atoms with van der Waals surface area (Å²) >= 11 is 0. The molecule has 3 rings (SSSR count). The van der Waals surface area contributed by atoms with Gasteiger partial charge in [0.15, 0.2) is 5.82 Å². The maximum absolute atomic E-state index is 12.5. The van der Waals surface area contributed by atoms with E-state index in [0.29, 0.717) is 18.1 Å². The van der Waals surface area contributed by atoms with E-state index in [2.05, 4.69) is 20.2 Å². The number of nitrogens with one attached hydrogen (secondary N) is 1. The van der Waals surface area contributed by atoms with Crippen molar-refractivity contribution in [3.8, 4) is 5.75 Å². The van der Waals surface area contributed by atoms with E-state index in [9.17, 15) is 8.78 Å². The van der Waals surface area contributed by atoms with Crippen LogP contribution >= 0.6 is 12.4 Å². The molecule has 1 heterocycles. The van der Waals surface area contributed by atoms with Gasteiger partial charge < -0.3 is 14.6 Å². The molecule has 1 N–H and O–H groups in total. The highest BCUT2D eigenvalue weighted by Gasteiger charge is 2.45. The number of para-hydroxylation sites is 1. The third-order valence-corrected chi connectivity index (χ3v) is 4.11. The highest BCUT2D eigenvalue weighted by molar-refractivity contribution is 5.85. The van der Waals surface area contributed by atoms with Gasteiger partial charge in [0.05, 0.1) is 0 Å². The number of hydrogen-bond donors (Lipinski definition) is 1. The van der Waals surface area contributed by atoms with Gasteiger partial charge in [0.1, 0.15) is 5.75 Å². The van der Waals surface area contributed by atoms with Crippen LogP contribution in [-0.4, -0.2) is 29.8 Å². The summed E-state index contributed by atoms with van der Waals surface area (Å²) in [7, 11) is 1.88. The van der Waals surface area contributed by atoms with Gasteiger partial charge in [0.2, 0.25) is 5.89 Å². The zero-order valence-electron chi connectivity index (χ0n) is 13.4. The Balaban J connectivity index is 0.00000208. The Morgan fingerprint density at radius 3 is 2.79 bits per heavy atom. The molecule has 0 saturated heterocycles. The Labute approximate surface area is 145 Å². The lowest BCUT2D eigenvalue weighted by atomic mass is 10.1. The normalized spacial score (nSPS) is 20.5. The first kappa shape index (κ1) is 18.6. The first-order valence-electron chi connectivity index (χ1n) is 7.62. The number of rotatable bonds is 7. The first-order valence-corrected chi connectivity index (χ1v) is 7.62. The molecule has 0 aliphatic heterocycles. The zero-order valence-corrected chi connectivity index (χ0v) is 14.2. The summed E-state index contributed by atoms with van der Waals surface area (Å²) in [6, 6.07) is 7.13. The Hall–Kier alpha value is -1.73. The predicted octanol–water partition coefficient (Wildman–Crippen LogP) is 3.51. The minimum Gasteiger partial charge on any atom is -0.435 e. The Morgan fingerprint density at radius 1 is 1.33 bits per heavy atom. The van der Waals surface area contributed by atoms with Crippen molar-refractivity contribution in [3.05, 3.63) is 41.5 Å². The molecule has 0 bridgehead atoms. The highest BCUT2D eigenvalue weighted by atomic mass is 35.5. The summed E-state index contributed by atoms with van der Waals surface area (Å²) in [4.78, 5) is 4.42. The second kappa shape index (κ2) is 7.90. The van der Waals surface area contributed by atoms with Crippen LogP contribution in [-0.2, 0) is 6.42 Å². The minimum absolute atomic E-state index is 0. The molecular formula is C16H20ClF2N3O2. The van der Waals surface area contributed by atoms with Crippen LogP contribution in [0.4, 0.5) is 8.78 Å². The number of likely N-dealkylation sites (N-methyl/N-ethyl adjacent to an activating group) is 1. The van der Waals surface area contributed by atoms with Gasteiger partial charge in [-0.15, -0.1) is 12.4 Å². The third kappa shape index (κ3) is 4.21. The topological polar surface area (TPSA) is 60.2 Å². The molecule has 0 radical (unpaired) electrons. The number of aromatic nitrogens is 2. The molecular weight excluding hydrogens is 340 g/mol. The molecule has 1 aromatic heterocycles. The van der Waals surface area contributed by atoms with Gasteiger partial charge in [-0.2, -0.15) is 13.8 Å². The largest absolute Gasteiger partial charge is 0.435 e. The number of ether oxygens (including phenoxy) is 1. The molecule has 1 saturated carbocycles. The molecule has 3 unspecified atom stereocenters. The van der Waals surface area contributed by atoms with Crippen molar-refractivity contribution in [2.45, 2.75) is 44.3 Å². The molecule has 1 fully saturated rings. The van der Waals surface area contributed by atoms with Crippen LogP contribution in [0.3, 0.4) is 0 Å². The van der Waals surface area contributed by atoms with Gasteiger partial charge in [-0.3, -0.25) is 0 Å². The zero-order chi connectivity index (χ0) is 16.4. The fourth-order valence-electron chi connectivity index (χ4n) is 2.68. The van der Waals surface area contributed by atoms with Gasteiger partial charge in [-0.05, 0) is 37.9 Å². The van der Waals surface area contributed by atoms with Crippen LogP contribution in [0.15, 0.2) is 28.8 Å². The number of nitrogens with zero attached hydrogens (tertiary/aromatic N) is 2. The third-order valence-electron chi connectivity index (χ3n) is 4.11. The van der Waals surface area contributed by atoms with Crippen LogP contribution in [0.1, 0.15) is 42.5 Å². The second-order valence-corrected chi connectivity index (χ2v) is 5.81. The fourth-order valence-corrected chi connectivity index (χ4v) is 2.68. The van der Waals surface area contributed by atoms with E-state index in [1.165, 1.54) is 0 Å². The summed E-state index contributed by atoms with van der Waals surface area (Å²) in [6.45, 7) is -0.792. The second-order valence-electron chi connectivity index (χ2n) is 5.81. The molecule has 1 aliphatic carbocycles. The molecule has 5 nitrogen and oxygen atoms in total. The van der Waals surface area contributed by atoms with E-state index in [1.54, 1.807) is 12.1 Å². The molecule has 0 amide bonds. The van der Waals surface area contributed by atoms with Crippen molar-refractivity contribution in [3.63, 3.8) is 0 Å². The van der Waals surface area contributed by atoms with Crippen molar-refractivity contribution in [2.75, 3.05) is 7.05 Å². The maximum atomic E-state index is 12.5. The average molecular weight is 360 g/mol. The molecule has 132 valence electrons. The van der Waals surface area contributed by atoms with Crippen molar-refractivity contribution >= 4 is 12.4 Å². The summed E-state index contributed by atoms with van der Waals surface area (Å²) in [5, 5.41) is 7.11. The van der Waals surface area contributed by atoms with E-state index < -0.39 is 6.61 Å². The number of halogens is 3. The molecule has 2 aromatic rings. The van der Waals surface area contributed by atoms with Gasteiger partial charge >= 0.3 is 6.61 Å². The van der Waals surface area contributed by atoms with Crippen LogP contribution < -0.4 is 10.1 Å². The van der Waals surface area contributed by atoms with E-state index in [-0.39, 0.29) is 36.0 Å². The lowest BCUT2D eigenvalue weighted by molar-refractivity contribution is -0.0504. The molecule has 24 heavy (non-hydrogen) atoms. The molecule has 0 spiro atoms. The van der Waals surface area contributed by atoms with Crippen molar-refractivity contribution < 1.29 is 18.0 Å². The average Bonchev–Trinajstić information content (AvgIpc) is 3.19. The van der Waals surface area contributed by atoms with Gasteiger partial charge in [0.25, 0.3) is 0 Å². The highest BCUT2D eigenvalue weighted by Crippen LogP contribution is 2.56. The van der Waals surface area contributed by atoms with E-state index in [0.717, 1.165) is 12.0 Å². The summed E-state index contributed by atoms with van der Waals surface area (Å²) in [6.07, 6.45) is 1.48. The first-order chi connectivity index (χ1) is 11.1. The van der Waals surface area contributed by atoms with Crippen LogP contribution in [0, 0.1) is 0 Å². The lowest BCUT2D eigenvalue weighted by Crippen LogP contribution is -2.24. The monoisotopic (exact) mass is 359 g/mol. The summed E-state index contributed by atoms with van der Waals surface area (Å²) in [5.41, 5.74) is 0.765. The van der Waals surface area contributed by atoms with Gasteiger partial charge in [-0.1, -0.05) is 23.4 Å². The Kier molecular flexibility index (Phi) is 6.12. The van der Waals surface area contributed by atoms with Crippen molar-refractivity contribution in [1.29, 1.82) is 0 Å². The Bertz CT molecular complexity index is 668. The summed E-state index contributed by atoms with van der Waals surface area (Å²) in [5.74, 6) is 1.60. The maximum Gasteiger partial charge on any atom is 0.387 e. The number of benzene rings is 1. The number of hydrogen-bond acceptors (Lipinski definition) is 5. The standard InChI is InChI=1S/C16H19F2N3O2.ClH/c1-9(19-2)7-14-20-15(23-21-14)12-8-11(12)10-5-3-4-6-13(10)22-16(17)18;/h3-6,9,11-12,16,19H,7-8H2,1-2H3;1H. The van der Waals surface area contributed by atoms with Gasteiger partial charge in [-0.25, -0.2) is 0 Å². The Morgan fingerprint density at radius 2 is 2.08 bits per heavy atom. The molecule has 8 heteroatoms. The number of alkyl halides is 2. The van der Waals surface area contributed by atoms with Crippen LogP contribution in [0.5, 0.6) is 5.75 Å². The lowest BCUT2D eigenvalue weighted by Gasteiger charge is -2.09. The van der Waals surface area contributed by atoms with E-state index in [4.69, 9.17) is 4.52 Å². The quantitative estimate of drug-likeness (QED) is 0.819.